The Morgan fingerprint density at radius 2 is 1.90 bits per heavy atom. The van der Waals surface area contributed by atoms with Gasteiger partial charge in [0.2, 0.25) is 5.78 Å². The van der Waals surface area contributed by atoms with Crippen LogP contribution in [0.5, 0.6) is 11.5 Å². The van der Waals surface area contributed by atoms with Crippen LogP contribution in [0.3, 0.4) is 0 Å². The highest BCUT2D eigenvalue weighted by Gasteiger charge is 2.43. The van der Waals surface area contributed by atoms with Gasteiger partial charge in [-0.25, -0.2) is 0 Å². The normalized spacial score (nSPS) is 23.2. The monoisotopic (exact) mass is 286 g/mol. The van der Waals surface area contributed by atoms with E-state index in [1.54, 1.807) is 18.2 Å². The molecule has 0 amide bonds. The molecule has 21 heavy (non-hydrogen) atoms. The maximum atomic E-state index is 12.5. The van der Waals surface area contributed by atoms with Gasteiger partial charge >= 0.3 is 0 Å². The third-order valence-corrected chi connectivity index (χ3v) is 3.90. The van der Waals surface area contributed by atoms with Gasteiger partial charge in [0.15, 0.2) is 11.5 Å². The van der Waals surface area contributed by atoms with Gasteiger partial charge in [0, 0.05) is 17.7 Å². The number of benzene rings is 1. The Kier molecular flexibility index (Phi) is 3.05. The average molecular weight is 286 g/mol. The molecule has 5 heteroatoms. The summed E-state index contributed by atoms with van der Waals surface area (Å²) < 4.78 is 10.1. The van der Waals surface area contributed by atoms with Crippen molar-refractivity contribution >= 4 is 17.6 Å². The van der Waals surface area contributed by atoms with Crippen molar-refractivity contribution in [2.45, 2.75) is 5.92 Å². The van der Waals surface area contributed by atoms with Crippen molar-refractivity contribution in [3.05, 3.63) is 41.2 Å². The second-order valence-corrected chi connectivity index (χ2v) is 4.99. The second kappa shape index (κ2) is 4.77. The molecule has 5 nitrogen and oxygen atoms in total. The van der Waals surface area contributed by atoms with E-state index in [2.05, 4.69) is 0 Å². The van der Waals surface area contributed by atoms with Gasteiger partial charge in [-0.3, -0.25) is 9.59 Å². The molecule has 0 aromatic heterocycles. The van der Waals surface area contributed by atoms with Crippen molar-refractivity contribution in [2.75, 3.05) is 14.2 Å². The molecular formula is C16H14O5. The van der Waals surface area contributed by atoms with Crippen molar-refractivity contribution in [2.24, 2.45) is 5.92 Å². The van der Waals surface area contributed by atoms with Gasteiger partial charge in [-0.15, -0.1) is 0 Å². The van der Waals surface area contributed by atoms with Crippen LogP contribution in [0.15, 0.2) is 30.0 Å². The highest BCUT2D eigenvalue weighted by Crippen LogP contribution is 2.45. The van der Waals surface area contributed by atoms with Gasteiger partial charge in [0.25, 0.3) is 0 Å². The number of aromatic hydroxyl groups is 1. The molecule has 2 atom stereocenters. The molecule has 0 radical (unpaired) electrons. The van der Waals surface area contributed by atoms with E-state index in [1.165, 1.54) is 26.4 Å². The lowest BCUT2D eigenvalue weighted by atomic mass is 9.71. The fraction of sp³-hybridized carbons (Fsp3) is 0.250. The van der Waals surface area contributed by atoms with Gasteiger partial charge in [-0.1, -0.05) is 12.2 Å². The summed E-state index contributed by atoms with van der Waals surface area (Å²) >= 11 is 0. The van der Waals surface area contributed by atoms with E-state index in [4.69, 9.17) is 9.47 Å². The predicted molar refractivity (Wildman–Crippen MR) is 75.0 cm³/mol. The Morgan fingerprint density at radius 3 is 2.57 bits per heavy atom. The molecule has 2 unspecified atom stereocenters. The molecule has 0 bridgehead atoms. The van der Waals surface area contributed by atoms with E-state index >= 15 is 0 Å². The third-order valence-electron chi connectivity index (χ3n) is 3.90. The van der Waals surface area contributed by atoms with Crippen molar-refractivity contribution in [1.29, 1.82) is 0 Å². The van der Waals surface area contributed by atoms with Gasteiger partial charge in [-0.05, 0) is 11.6 Å². The topological polar surface area (TPSA) is 72.8 Å². The van der Waals surface area contributed by atoms with Crippen molar-refractivity contribution in [1.82, 2.24) is 0 Å². The predicted octanol–water partition coefficient (Wildman–Crippen LogP) is 1.81. The van der Waals surface area contributed by atoms with E-state index in [-0.39, 0.29) is 23.1 Å². The van der Waals surface area contributed by atoms with E-state index in [0.717, 1.165) is 0 Å². The smallest absolute Gasteiger partial charge is 0.206 e. The number of carbonyl (C=O) groups is 2. The van der Waals surface area contributed by atoms with Crippen LogP contribution in [0.2, 0.25) is 0 Å². The zero-order valence-electron chi connectivity index (χ0n) is 11.6. The molecule has 2 aliphatic rings. The number of allylic oxidation sites excluding steroid dienone is 3. The summed E-state index contributed by atoms with van der Waals surface area (Å²) in [6.45, 7) is 0. The fourth-order valence-electron chi connectivity index (χ4n) is 2.89. The molecule has 0 fully saturated rings. The highest BCUT2D eigenvalue weighted by atomic mass is 16.5. The van der Waals surface area contributed by atoms with Crippen LogP contribution >= 0.6 is 0 Å². The number of ketones is 2. The first kappa shape index (κ1) is 13.4. The number of fused-ring (bicyclic) bond motifs is 3. The minimum Gasteiger partial charge on any atom is -0.507 e. The van der Waals surface area contributed by atoms with Crippen LogP contribution in [0.25, 0.3) is 6.08 Å². The zero-order valence-corrected chi connectivity index (χ0v) is 11.6. The van der Waals surface area contributed by atoms with Crippen LogP contribution in [0.1, 0.15) is 17.0 Å². The number of phenols is 1. The molecule has 0 saturated heterocycles. The maximum Gasteiger partial charge on any atom is 0.206 e. The van der Waals surface area contributed by atoms with Gasteiger partial charge in [0.05, 0.1) is 26.1 Å². The lowest BCUT2D eigenvalue weighted by Crippen LogP contribution is -2.34. The van der Waals surface area contributed by atoms with Crippen LogP contribution in [0.4, 0.5) is 0 Å². The number of methoxy groups -OCH3 is 2. The molecule has 0 heterocycles. The van der Waals surface area contributed by atoms with Crippen molar-refractivity contribution in [3.8, 4) is 11.5 Å². The Morgan fingerprint density at radius 1 is 1.14 bits per heavy atom. The highest BCUT2D eigenvalue weighted by molar-refractivity contribution is 6.13. The lowest BCUT2D eigenvalue weighted by Gasteiger charge is -2.31. The molecular weight excluding hydrogens is 272 g/mol. The summed E-state index contributed by atoms with van der Waals surface area (Å²) in [5.74, 6) is -1.38. The molecule has 2 aliphatic carbocycles. The quantitative estimate of drug-likeness (QED) is 0.897. The largest absolute Gasteiger partial charge is 0.507 e. The van der Waals surface area contributed by atoms with Crippen molar-refractivity contribution < 1.29 is 24.2 Å². The van der Waals surface area contributed by atoms with Crippen LogP contribution in [-0.4, -0.2) is 30.9 Å². The van der Waals surface area contributed by atoms with Gasteiger partial charge in [0.1, 0.15) is 11.5 Å². The maximum absolute atomic E-state index is 12.5. The summed E-state index contributed by atoms with van der Waals surface area (Å²) in [4.78, 5) is 24.6. The van der Waals surface area contributed by atoms with E-state index in [1.807, 2.05) is 0 Å². The van der Waals surface area contributed by atoms with Crippen LogP contribution in [-0.2, 0) is 14.3 Å². The second-order valence-electron chi connectivity index (χ2n) is 4.99. The molecule has 3 rings (SSSR count). The molecule has 1 N–H and O–H groups in total. The first-order chi connectivity index (χ1) is 10.1. The summed E-state index contributed by atoms with van der Waals surface area (Å²) in [7, 11) is 2.85. The molecule has 1 aromatic rings. The summed E-state index contributed by atoms with van der Waals surface area (Å²) in [6, 6.07) is 3.17. The lowest BCUT2D eigenvalue weighted by molar-refractivity contribution is -0.128. The minimum atomic E-state index is -0.747. The summed E-state index contributed by atoms with van der Waals surface area (Å²) in [5, 5.41) is 10.2. The first-order valence-electron chi connectivity index (χ1n) is 6.49. The Balaban J connectivity index is 2.19. The number of ether oxygens (including phenoxy) is 2. The van der Waals surface area contributed by atoms with E-state index < -0.39 is 11.8 Å². The number of hydrogen-bond acceptors (Lipinski definition) is 5. The average Bonchev–Trinajstić information content (AvgIpc) is 2.49. The minimum absolute atomic E-state index is 0.0257. The molecule has 0 saturated carbocycles. The van der Waals surface area contributed by atoms with Crippen LogP contribution < -0.4 is 4.74 Å². The van der Waals surface area contributed by atoms with Gasteiger partial charge < -0.3 is 14.6 Å². The van der Waals surface area contributed by atoms with Crippen LogP contribution in [0, 0.1) is 5.92 Å². The van der Waals surface area contributed by atoms with Crippen molar-refractivity contribution in [3.63, 3.8) is 0 Å². The fourth-order valence-corrected chi connectivity index (χ4v) is 2.89. The summed E-state index contributed by atoms with van der Waals surface area (Å²) in [5.41, 5.74) is 1.12. The first-order valence-corrected chi connectivity index (χ1v) is 6.49. The number of hydrogen-bond donors (Lipinski definition) is 1. The Labute approximate surface area is 121 Å². The number of Topliss-reactive ketones (excluding diaryl/α,β-unsaturated/α-hetero) is 1. The Hall–Kier alpha value is -2.56. The third kappa shape index (κ3) is 1.93. The number of rotatable bonds is 2. The molecule has 108 valence electrons. The zero-order chi connectivity index (χ0) is 15.1. The number of carbonyl (C=O) groups excluding carboxylic acids is 2. The molecule has 0 aliphatic heterocycles. The standard InChI is InChI=1S/C16H14O5/c1-20-9-5-8-3-4-10-11(17)7-13(21-2)16(19)15(10)14(8)12(18)6-9/h3-7,10,15,18H,1-2H3. The molecule has 0 spiro atoms. The van der Waals surface area contributed by atoms with Gasteiger partial charge in [-0.2, -0.15) is 0 Å². The SMILES string of the molecule is COC1=CC(=O)C2C=Cc3cc(OC)cc(O)c3C2C1=O. The number of phenolic OH excluding ortho intramolecular Hbond substituents is 1. The van der Waals surface area contributed by atoms with E-state index in [0.29, 0.717) is 16.9 Å². The van der Waals surface area contributed by atoms with E-state index in [9.17, 15) is 14.7 Å². The molecule has 1 aromatic carbocycles. The summed E-state index contributed by atoms with van der Waals surface area (Å²) in [6.07, 6.45) is 4.64. The Bertz CT molecular complexity index is 699.